The molecule has 2 rings (SSSR count). The van der Waals surface area contributed by atoms with E-state index in [1.165, 1.54) is 0 Å². The first-order valence-electron chi connectivity index (χ1n) is 7.66. The minimum absolute atomic E-state index is 0.0689. The van der Waals surface area contributed by atoms with Crippen LogP contribution in [0.15, 0.2) is 30.3 Å². The Morgan fingerprint density at radius 2 is 2.17 bits per heavy atom. The van der Waals surface area contributed by atoms with Crippen LogP contribution in [0.4, 0.5) is 0 Å². The zero-order valence-corrected chi connectivity index (χ0v) is 13.7. The molecule has 0 bridgehead atoms. The largest absolute Gasteiger partial charge is 0.491 e. The number of H-pyrrole nitrogens is 1. The molecule has 0 aliphatic heterocycles. The van der Waals surface area contributed by atoms with Crippen LogP contribution in [0.5, 0.6) is 5.75 Å². The molecule has 1 aromatic heterocycles. The Bertz CT molecular complexity index is 652. The monoisotopic (exact) mass is 317 g/mol. The fraction of sp³-hybridized carbons (Fsp3) is 0.412. The predicted octanol–water partition coefficient (Wildman–Crippen LogP) is 1.90. The second-order valence-corrected chi connectivity index (χ2v) is 5.78. The van der Waals surface area contributed by atoms with Crippen LogP contribution in [0.3, 0.4) is 0 Å². The number of hydrogen-bond donors (Lipinski definition) is 3. The summed E-state index contributed by atoms with van der Waals surface area (Å²) >= 11 is 0. The van der Waals surface area contributed by atoms with Crippen molar-refractivity contribution in [3.8, 4) is 5.75 Å². The highest BCUT2D eigenvalue weighted by Crippen LogP contribution is 2.19. The molecule has 1 amide bonds. The molecule has 0 radical (unpaired) electrons. The van der Waals surface area contributed by atoms with Gasteiger partial charge in [-0.15, -0.1) is 0 Å². The number of aryl methyl sites for hydroxylation is 1. The van der Waals surface area contributed by atoms with Crippen LogP contribution in [0.25, 0.3) is 0 Å². The number of nitrogens with one attached hydrogen (secondary N) is 2. The second kappa shape index (κ2) is 7.78. The van der Waals surface area contributed by atoms with Crippen LogP contribution < -0.4 is 10.1 Å². The third-order valence-corrected chi connectivity index (χ3v) is 3.21. The van der Waals surface area contributed by atoms with Crippen LogP contribution in [-0.2, 0) is 11.2 Å². The van der Waals surface area contributed by atoms with Gasteiger partial charge in [-0.1, -0.05) is 12.1 Å². The fourth-order valence-electron chi connectivity index (χ4n) is 2.19. The number of aromatic nitrogens is 2. The Kier molecular flexibility index (Phi) is 5.76. The second-order valence-electron chi connectivity index (χ2n) is 5.78. The molecule has 3 N–H and O–H groups in total. The lowest BCUT2D eigenvalue weighted by Gasteiger charge is -2.15. The van der Waals surface area contributed by atoms with E-state index in [-0.39, 0.29) is 25.0 Å². The Morgan fingerprint density at radius 3 is 2.83 bits per heavy atom. The van der Waals surface area contributed by atoms with Gasteiger partial charge in [0.1, 0.15) is 5.75 Å². The Morgan fingerprint density at radius 1 is 1.39 bits per heavy atom. The molecule has 6 heteroatoms. The van der Waals surface area contributed by atoms with Gasteiger partial charge in [0.15, 0.2) is 0 Å². The molecule has 0 saturated heterocycles. The van der Waals surface area contributed by atoms with Crippen LogP contribution >= 0.6 is 0 Å². The topological polar surface area (TPSA) is 87.2 Å². The van der Waals surface area contributed by atoms with Crippen molar-refractivity contribution in [2.45, 2.75) is 39.4 Å². The van der Waals surface area contributed by atoms with E-state index in [0.29, 0.717) is 17.0 Å². The van der Waals surface area contributed by atoms with E-state index in [2.05, 4.69) is 15.5 Å². The molecule has 1 atom stereocenters. The maximum absolute atomic E-state index is 11.9. The third kappa shape index (κ3) is 5.41. The maximum atomic E-state index is 11.9. The van der Waals surface area contributed by atoms with Crippen LogP contribution in [-0.4, -0.2) is 33.9 Å². The summed E-state index contributed by atoms with van der Waals surface area (Å²) < 4.78 is 5.60. The molecule has 0 fully saturated rings. The predicted molar refractivity (Wildman–Crippen MR) is 87.2 cm³/mol. The Hall–Kier alpha value is -2.34. The van der Waals surface area contributed by atoms with Gasteiger partial charge in [0.05, 0.1) is 24.3 Å². The van der Waals surface area contributed by atoms with Gasteiger partial charge in [-0.2, -0.15) is 5.10 Å². The lowest BCUT2D eigenvalue weighted by atomic mass is 10.1. The molecule has 1 aromatic carbocycles. The number of benzene rings is 1. The number of amides is 1. The third-order valence-electron chi connectivity index (χ3n) is 3.21. The molecule has 124 valence electrons. The minimum Gasteiger partial charge on any atom is -0.491 e. The van der Waals surface area contributed by atoms with E-state index in [9.17, 15) is 9.90 Å². The summed E-state index contributed by atoms with van der Waals surface area (Å²) in [5.41, 5.74) is 2.30. The number of hydrogen-bond acceptors (Lipinski definition) is 4. The highest BCUT2D eigenvalue weighted by Gasteiger charge is 2.12. The molecular weight excluding hydrogens is 294 g/mol. The van der Waals surface area contributed by atoms with Crippen molar-refractivity contribution in [1.29, 1.82) is 0 Å². The molecule has 2 aromatic rings. The van der Waals surface area contributed by atoms with E-state index in [4.69, 9.17) is 4.74 Å². The lowest BCUT2D eigenvalue weighted by Crippen LogP contribution is -2.29. The van der Waals surface area contributed by atoms with Crippen molar-refractivity contribution in [3.05, 3.63) is 47.3 Å². The summed E-state index contributed by atoms with van der Waals surface area (Å²) in [5, 5.41) is 19.7. The molecule has 0 unspecified atom stereocenters. The standard InChI is InChI=1S/C17H23N3O3/c1-11(2)23-15-6-4-5-13(8-15)16(21)10-18-17(22)9-14-7-12(3)19-20-14/h4-8,11,16,21H,9-10H2,1-3H3,(H,18,22)(H,19,20)/t16-/m0/s1. The summed E-state index contributed by atoms with van der Waals surface area (Å²) in [6, 6.07) is 9.08. The fourth-order valence-corrected chi connectivity index (χ4v) is 2.19. The number of aliphatic hydroxyl groups is 1. The van der Waals surface area contributed by atoms with Gasteiger partial charge in [-0.25, -0.2) is 0 Å². The van der Waals surface area contributed by atoms with E-state index < -0.39 is 6.10 Å². The average molecular weight is 317 g/mol. The number of aliphatic hydroxyl groups excluding tert-OH is 1. The molecule has 0 aliphatic carbocycles. The number of aromatic amines is 1. The highest BCUT2D eigenvalue weighted by molar-refractivity contribution is 5.78. The van der Waals surface area contributed by atoms with Crippen molar-refractivity contribution in [3.63, 3.8) is 0 Å². The van der Waals surface area contributed by atoms with Crippen LogP contribution in [0.1, 0.15) is 36.9 Å². The highest BCUT2D eigenvalue weighted by atomic mass is 16.5. The first kappa shape index (κ1) is 17.0. The Balaban J connectivity index is 1.86. The van der Waals surface area contributed by atoms with Gasteiger partial charge in [0.25, 0.3) is 0 Å². The lowest BCUT2D eigenvalue weighted by molar-refractivity contribution is -0.120. The van der Waals surface area contributed by atoms with Crippen molar-refractivity contribution < 1.29 is 14.6 Å². The van der Waals surface area contributed by atoms with E-state index >= 15 is 0 Å². The SMILES string of the molecule is Cc1cc(CC(=O)NC[C@H](O)c2cccc(OC(C)C)c2)n[nH]1. The zero-order chi connectivity index (χ0) is 16.8. The number of carbonyl (C=O) groups excluding carboxylic acids is 1. The van der Waals surface area contributed by atoms with Gasteiger partial charge in [0.2, 0.25) is 5.91 Å². The van der Waals surface area contributed by atoms with Crippen molar-refractivity contribution in [1.82, 2.24) is 15.5 Å². The first-order valence-corrected chi connectivity index (χ1v) is 7.66. The summed E-state index contributed by atoms with van der Waals surface area (Å²) in [6.07, 6.45) is -0.525. The molecule has 23 heavy (non-hydrogen) atoms. The summed E-state index contributed by atoms with van der Waals surface area (Å²) in [5.74, 6) is 0.528. The van der Waals surface area contributed by atoms with E-state index in [0.717, 1.165) is 5.69 Å². The number of rotatable bonds is 7. The smallest absolute Gasteiger partial charge is 0.226 e. The summed E-state index contributed by atoms with van der Waals surface area (Å²) in [4.78, 5) is 11.9. The Labute approximate surface area is 135 Å². The van der Waals surface area contributed by atoms with Crippen molar-refractivity contribution in [2.24, 2.45) is 0 Å². The van der Waals surface area contributed by atoms with E-state index in [1.807, 2.05) is 39.0 Å². The average Bonchev–Trinajstić information content (AvgIpc) is 2.89. The zero-order valence-electron chi connectivity index (χ0n) is 13.7. The van der Waals surface area contributed by atoms with Gasteiger partial charge in [-0.3, -0.25) is 9.89 Å². The number of nitrogens with zero attached hydrogens (tertiary/aromatic N) is 1. The number of ether oxygens (including phenoxy) is 1. The first-order chi connectivity index (χ1) is 10.9. The summed E-state index contributed by atoms with van der Waals surface area (Å²) in [7, 11) is 0. The molecule has 0 saturated carbocycles. The summed E-state index contributed by atoms with van der Waals surface area (Å²) in [6.45, 7) is 5.91. The van der Waals surface area contributed by atoms with Gasteiger partial charge < -0.3 is 15.2 Å². The molecule has 0 aliphatic rings. The number of carbonyl (C=O) groups is 1. The quantitative estimate of drug-likeness (QED) is 0.728. The van der Waals surface area contributed by atoms with Crippen LogP contribution in [0, 0.1) is 6.92 Å². The molecule has 0 spiro atoms. The van der Waals surface area contributed by atoms with E-state index in [1.54, 1.807) is 12.1 Å². The maximum Gasteiger partial charge on any atom is 0.226 e. The minimum atomic E-state index is -0.782. The molecule has 1 heterocycles. The van der Waals surface area contributed by atoms with Gasteiger partial charge in [-0.05, 0) is 44.5 Å². The van der Waals surface area contributed by atoms with Crippen molar-refractivity contribution in [2.75, 3.05) is 6.54 Å². The normalized spacial score (nSPS) is 12.2. The van der Waals surface area contributed by atoms with Gasteiger partial charge in [0, 0.05) is 12.2 Å². The van der Waals surface area contributed by atoms with Crippen molar-refractivity contribution >= 4 is 5.91 Å². The van der Waals surface area contributed by atoms with Gasteiger partial charge >= 0.3 is 0 Å². The van der Waals surface area contributed by atoms with Crippen LogP contribution in [0.2, 0.25) is 0 Å². The molecular formula is C17H23N3O3. The molecule has 6 nitrogen and oxygen atoms in total.